The minimum Gasteiger partial charge on any atom is -0.507 e. The summed E-state index contributed by atoms with van der Waals surface area (Å²) in [6.07, 6.45) is 2.42. The molecule has 0 fully saturated rings. The standard InChI is InChI=1S/C21H22N4O3/c1-4-25-11-14(13(3)24-25)17-10-18(20-19(26)9-12(2)28-21(20)27)23-16-8-6-5-7-15(16)22-17/h5-9,11,17,22,26H,4,10H2,1-3H3/t17-/m0/s1. The molecule has 0 aliphatic carbocycles. The minimum absolute atomic E-state index is 0.106. The first kappa shape index (κ1) is 18.0. The Bertz CT molecular complexity index is 1130. The van der Waals surface area contributed by atoms with Crippen LogP contribution in [0.15, 0.2) is 50.7 Å². The summed E-state index contributed by atoms with van der Waals surface area (Å²) in [4.78, 5) is 17.2. The number of hydrogen-bond acceptors (Lipinski definition) is 6. The fourth-order valence-electron chi connectivity index (χ4n) is 3.56. The summed E-state index contributed by atoms with van der Waals surface area (Å²) in [6.45, 7) is 6.40. The zero-order chi connectivity index (χ0) is 19.8. The summed E-state index contributed by atoms with van der Waals surface area (Å²) >= 11 is 0. The molecule has 144 valence electrons. The van der Waals surface area contributed by atoms with Crippen molar-refractivity contribution < 1.29 is 9.52 Å². The Kier molecular flexibility index (Phi) is 4.50. The van der Waals surface area contributed by atoms with Gasteiger partial charge in [0.2, 0.25) is 0 Å². The van der Waals surface area contributed by atoms with Gasteiger partial charge in [0.05, 0.1) is 28.8 Å². The third kappa shape index (κ3) is 3.19. The van der Waals surface area contributed by atoms with Gasteiger partial charge in [-0.05, 0) is 32.9 Å². The summed E-state index contributed by atoms with van der Waals surface area (Å²) in [5, 5.41) is 18.5. The second kappa shape index (κ2) is 6.99. The number of hydrogen-bond donors (Lipinski definition) is 2. The van der Waals surface area contributed by atoms with Crippen LogP contribution in [0.1, 0.15) is 42.0 Å². The Balaban J connectivity index is 1.87. The normalized spacial score (nSPS) is 16.1. The van der Waals surface area contributed by atoms with Crippen LogP contribution in [0, 0.1) is 13.8 Å². The second-order valence-electron chi connectivity index (χ2n) is 6.91. The van der Waals surface area contributed by atoms with Gasteiger partial charge in [-0.25, -0.2) is 4.79 Å². The van der Waals surface area contributed by atoms with Gasteiger partial charge in [0.25, 0.3) is 0 Å². The molecule has 2 N–H and O–H groups in total. The average Bonchev–Trinajstić information content (AvgIpc) is 2.91. The Labute approximate surface area is 162 Å². The maximum atomic E-state index is 12.5. The summed E-state index contributed by atoms with van der Waals surface area (Å²) in [5.74, 6) is 0.238. The first-order valence-electron chi connectivity index (χ1n) is 9.27. The van der Waals surface area contributed by atoms with Gasteiger partial charge in [-0.2, -0.15) is 5.10 Å². The van der Waals surface area contributed by atoms with E-state index in [1.165, 1.54) is 6.07 Å². The highest BCUT2D eigenvalue weighted by molar-refractivity contribution is 6.05. The first-order valence-corrected chi connectivity index (χ1v) is 9.27. The lowest BCUT2D eigenvalue weighted by Crippen LogP contribution is -2.20. The number of aliphatic imine (C=N–C) groups is 1. The third-order valence-electron chi connectivity index (χ3n) is 4.91. The molecule has 0 saturated heterocycles. The minimum atomic E-state index is -0.588. The molecule has 0 amide bonds. The molecule has 3 aromatic rings. The average molecular weight is 378 g/mol. The Morgan fingerprint density at radius 1 is 1.32 bits per heavy atom. The van der Waals surface area contributed by atoms with Crippen LogP contribution >= 0.6 is 0 Å². The van der Waals surface area contributed by atoms with Gasteiger partial charge in [0, 0.05) is 30.8 Å². The Morgan fingerprint density at radius 3 is 2.82 bits per heavy atom. The van der Waals surface area contributed by atoms with E-state index in [2.05, 4.69) is 10.4 Å². The molecular formula is C21H22N4O3. The first-order chi connectivity index (χ1) is 13.5. The maximum absolute atomic E-state index is 12.5. The Morgan fingerprint density at radius 2 is 2.11 bits per heavy atom. The molecule has 1 aliphatic rings. The number of aromatic hydroxyl groups is 1. The maximum Gasteiger partial charge on any atom is 0.348 e. The van der Waals surface area contributed by atoms with E-state index in [-0.39, 0.29) is 17.4 Å². The molecule has 2 aromatic heterocycles. The topological polar surface area (TPSA) is 92.6 Å². The van der Waals surface area contributed by atoms with Crippen molar-refractivity contribution in [1.82, 2.24) is 9.78 Å². The lowest BCUT2D eigenvalue weighted by molar-refractivity contribution is 0.432. The van der Waals surface area contributed by atoms with Crippen molar-refractivity contribution in [3.05, 3.63) is 69.5 Å². The number of nitrogens with zero attached hydrogens (tertiary/aromatic N) is 3. The van der Waals surface area contributed by atoms with Crippen molar-refractivity contribution in [2.45, 2.75) is 39.8 Å². The lowest BCUT2D eigenvalue weighted by atomic mass is 9.98. The van der Waals surface area contributed by atoms with E-state index in [1.54, 1.807) is 6.92 Å². The molecule has 0 saturated carbocycles. The van der Waals surface area contributed by atoms with Crippen molar-refractivity contribution >= 4 is 17.1 Å². The quantitative estimate of drug-likeness (QED) is 0.722. The molecule has 1 atom stereocenters. The molecule has 7 nitrogen and oxygen atoms in total. The van der Waals surface area contributed by atoms with Crippen LogP contribution in [-0.2, 0) is 6.54 Å². The van der Waals surface area contributed by atoms with E-state index in [0.717, 1.165) is 23.5 Å². The van der Waals surface area contributed by atoms with E-state index in [4.69, 9.17) is 9.41 Å². The lowest BCUT2D eigenvalue weighted by Gasteiger charge is -2.18. The number of benzene rings is 1. The summed E-state index contributed by atoms with van der Waals surface area (Å²) < 4.78 is 7.11. The molecule has 0 spiro atoms. The molecular weight excluding hydrogens is 356 g/mol. The number of aryl methyl sites for hydroxylation is 3. The van der Waals surface area contributed by atoms with Gasteiger partial charge >= 0.3 is 5.63 Å². The SMILES string of the molecule is CCn1cc([C@@H]2CC(c3c(O)cc(C)oc3=O)=Nc3ccccc3N2)c(C)n1. The zero-order valence-electron chi connectivity index (χ0n) is 16.1. The predicted octanol–water partition coefficient (Wildman–Crippen LogP) is 3.86. The number of rotatable bonds is 3. The highest BCUT2D eigenvalue weighted by atomic mass is 16.4. The number of anilines is 1. The third-order valence-corrected chi connectivity index (χ3v) is 4.91. The fraction of sp³-hybridized carbons (Fsp3) is 0.286. The summed E-state index contributed by atoms with van der Waals surface area (Å²) in [5.41, 5.74) is 3.52. The van der Waals surface area contributed by atoms with Gasteiger partial charge in [-0.3, -0.25) is 9.67 Å². The van der Waals surface area contributed by atoms with Gasteiger partial charge < -0.3 is 14.8 Å². The number of fused-ring (bicyclic) bond motifs is 1. The number of para-hydroxylation sites is 2. The smallest absolute Gasteiger partial charge is 0.348 e. The molecule has 1 aliphatic heterocycles. The molecule has 4 rings (SSSR count). The molecule has 1 aromatic carbocycles. The van der Waals surface area contributed by atoms with Crippen LogP contribution in [-0.4, -0.2) is 20.6 Å². The van der Waals surface area contributed by atoms with Gasteiger partial charge in [0.1, 0.15) is 17.1 Å². The summed E-state index contributed by atoms with van der Waals surface area (Å²) in [6, 6.07) is 8.94. The molecule has 0 unspecified atom stereocenters. The highest BCUT2D eigenvalue weighted by Gasteiger charge is 2.27. The molecule has 0 bridgehead atoms. The Hall–Kier alpha value is -3.35. The summed E-state index contributed by atoms with van der Waals surface area (Å²) in [7, 11) is 0. The highest BCUT2D eigenvalue weighted by Crippen LogP contribution is 2.36. The van der Waals surface area contributed by atoms with Gasteiger partial charge in [-0.1, -0.05) is 12.1 Å². The molecule has 0 radical (unpaired) electrons. The van der Waals surface area contributed by atoms with E-state index in [0.29, 0.717) is 23.6 Å². The van der Waals surface area contributed by atoms with Crippen LogP contribution < -0.4 is 10.9 Å². The van der Waals surface area contributed by atoms with Crippen molar-refractivity contribution in [3.8, 4) is 5.75 Å². The number of nitrogens with one attached hydrogen (secondary N) is 1. The van der Waals surface area contributed by atoms with E-state index in [1.807, 2.05) is 49.0 Å². The van der Waals surface area contributed by atoms with Gasteiger partial charge in [-0.15, -0.1) is 0 Å². The fourth-order valence-corrected chi connectivity index (χ4v) is 3.56. The zero-order valence-corrected chi connectivity index (χ0v) is 16.1. The van der Waals surface area contributed by atoms with Crippen LogP contribution in [0.25, 0.3) is 0 Å². The van der Waals surface area contributed by atoms with Crippen molar-refractivity contribution in [1.29, 1.82) is 0 Å². The van der Waals surface area contributed by atoms with E-state index < -0.39 is 5.63 Å². The molecule has 7 heteroatoms. The number of aromatic nitrogens is 2. The van der Waals surface area contributed by atoms with Crippen LogP contribution in [0.5, 0.6) is 5.75 Å². The van der Waals surface area contributed by atoms with Crippen molar-refractivity contribution in [2.75, 3.05) is 5.32 Å². The van der Waals surface area contributed by atoms with Crippen LogP contribution in [0.4, 0.5) is 11.4 Å². The van der Waals surface area contributed by atoms with E-state index >= 15 is 0 Å². The van der Waals surface area contributed by atoms with Crippen molar-refractivity contribution in [3.63, 3.8) is 0 Å². The van der Waals surface area contributed by atoms with Crippen molar-refractivity contribution in [2.24, 2.45) is 4.99 Å². The van der Waals surface area contributed by atoms with E-state index in [9.17, 15) is 9.90 Å². The second-order valence-corrected chi connectivity index (χ2v) is 6.91. The van der Waals surface area contributed by atoms with Gasteiger partial charge in [0.15, 0.2) is 0 Å². The largest absolute Gasteiger partial charge is 0.507 e. The van der Waals surface area contributed by atoms with Crippen LogP contribution in [0.2, 0.25) is 0 Å². The molecule has 28 heavy (non-hydrogen) atoms. The molecule has 3 heterocycles. The predicted molar refractivity (Wildman–Crippen MR) is 108 cm³/mol. The monoisotopic (exact) mass is 378 g/mol. The van der Waals surface area contributed by atoms with Crippen LogP contribution in [0.3, 0.4) is 0 Å².